The Morgan fingerprint density at radius 3 is 2.36 bits per heavy atom. The van der Waals surface area contributed by atoms with E-state index in [0.29, 0.717) is 29.9 Å². The van der Waals surface area contributed by atoms with Gasteiger partial charge in [0, 0.05) is 40.4 Å². The molecule has 3 unspecified atom stereocenters. The van der Waals surface area contributed by atoms with Gasteiger partial charge in [0.05, 0.1) is 12.7 Å². The lowest BCUT2D eigenvalue weighted by Gasteiger charge is -2.38. The highest BCUT2D eigenvalue weighted by atomic mass is 32.2. The number of rotatable bonds is 9. The Bertz CT molecular complexity index is 1550. The molecule has 3 atom stereocenters. The molecule has 0 radical (unpaired) electrons. The summed E-state index contributed by atoms with van der Waals surface area (Å²) in [6.07, 6.45) is -0.435. The summed E-state index contributed by atoms with van der Waals surface area (Å²) in [7, 11) is 0. The Morgan fingerprint density at radius 2 is 1.73 bits per heavy atom. The van der Waals surface area contributed by atoms with E-state index >= 15 is 0 Å². The molecule has 44 heavy (non-hydrogen) atoms. The van der Waals surface area contributed by atoms with E-state index in [1.54, 1.807) is 6.07 Å². The molecule has 3 fully saturated rings. The van der Waals surface area contributed by atoms with Gasteiger partial charge in [-0.1, -0.05) is 17.3 Å². The van der Waals surface area contributed by atoms with Gasteiger partial charge in [-0.2, -0.15) is 0 Å². The fourth-order valence-corrected chi connectivity index (χ4v) is 6.32. The number of fused-ring (bicyclic) bond motifs is 2. The van der Waals surface area contributed by atoms with Crippen molar-refractivity contribution in [1.29, 1.82) is 0 Å². The molecule has 3 aromatic rings. The van der Waals surface area contributed by atoms with Gasteiger partial charge in [-0.3, -0.25) is 9.35 Å². The number of halogens is 3. The average molecular weight is 635 g/mol. The standard InChI is InChI=1S/C29H29F3N4O7S/c30-29(31,32)42-24-4-2-1-3-22(24)25-23(26(43-34-25)16-5-6-16)15-41-21-13-19-11-12-20(14-21)36(19)28(38)33-18-9-7-17(8-10-18)27(37)35-44(39)40/h1-4,7-10,16,19-21H,5-6,11-15H2,(H,33,38)(H,35,37)(H,39,40). The van der Waals surface area contributed by atoms with E-state index in [2.05, 4.69) is 15.2 Å². The second-order valence-electron chi connectivity index (χ2n) is 11.1. The number of carbonyl (C=O) groups excluding carboxylic acids is 2. The summed E-state index contributed by atoms with van der Waals surface area (Å²) >= 11 is -2.48. The van der Waals surface area contributed by atoms with Crippen molar-refractivity contribution in [3.8, 4) is 17.0 Å². The molecule has 1 aliphatic carbocycles. The second kappa shape index (κ2) is 12.2. The number of hydrogen-bond acceptors (Lipinski definition) is 7. The first-order valence-corrected chi connectivity index (χ1v) is 15.2. The second-order valence-corrected chi connectivity index (χ2v) is 11.8. The van der Waals surface area contributed by atoms with Gasteiger partial charge in [0.15, 0.2) is 0 Å². The van der Waals surface area contributed by atoms with Gasteiger partial charge in [0.25, 0.3) is 17.2 Å². The lowest BCUT2D eigenvalue weighted by atomic mass is 9.99. The monoisotopic (exact) mass is 634 g/mol. The Labute approximate surface area is 252 Å². The summed E-state index contributed by atoms with van der Waals surface area (Å²) in [6, 6.07) is 11.4. The molecular formula is C29H29F3N4O7S. The first-order chi connectivity index (χ1) is 21.1. The fourth-order valence-electron chi connectivity index (χ4n) is 6.04. The zero-order chi connectivity index (χ0) is 31.0. The van der Waals surface area contributed by atoms with Crippen LogP contribution in [0.4, 0.5) is 23.7 Å². The number of aromatic nitrogens is 1. The maximum atomic E-state index is 13.2. The molecule has 2 aromatic carbocycles. The lowest BCUT2D eigenvalue weighted by Crippen LogP contribution is -2.50. The van der Waals surface area contributed by atoms with Crippen LogP contribution in [0.15, 0.2) is 53.1 Å². The molecule has 3 aliphatic rings. The third kappa shape index (κ3) is 6.74. The number of carbonyl (C=O) groups is 2. The average Bonchev–Trinajstić information content (AvgIpc) is 3.66. The van der Waals surface area contributed by atoms with Crippen LogP contribution < -0.4 is 14.8 Å². The van der Waals surface area contributed by atoms with Crippen LogP contribution in [-0.4, -0.2) is 55.3 Å². The molecule has 234 valence electrons. The number of amides is 3. The van der Waals surface area contributed by atoms with Crippen molar-refractivity contribution in [3.63, 3.8) is 0 Å². The molecule has 1 saturated carbocycles. The van der Waals surface area contributed by atoms with Gasteiger partial charge in [-0.15, -0.1) is 13.2 Å². The van der Waals surface area contributed by atoms with Crippen molar-refractivity contribution < 1.29 is 45.5 Å². The van der Waals surface area contributed by atoms with Crippen LogP contribution in [0.25, 0.3) is 11.3 Å². The van der Waals surface area contributed by atoms with Crippen molar-refractivity contribution in [3.05, 3.63) is 65.4 Å². The molecule has 3 amide bonds. The van der Waals surface area contributed by atoms with Gasteiger partial charge in [0.2, 0.25) is 0 Å². The number of alkyl halides is 3. The quantitative estimate of drug-likeness (QED) is 0.254. The molecule has 15 heteroatoms. The van der Waals surface area contributed by atoms with Crippen LogP contribution in [0.2, 0.25) is 0 Å². The van der Waals surface area contributed by atoms with Crippen molar-refractivity contribution >= 4 is 28.9 Å². The van der Waals surface area contributed by atoms with Crippen molar-refractivity contribution in [2.24, 2.45) is 0 Å². The van der Waals surface area contributed by atoms with Gasteiger partial charge in [-0.25, -0.2) is 13.7 Å². The third-order valence-corrected chi connectivity index (χ3v) is 8.46. The fraction of sp³-hybridized carbons (Fsp3) is 0.414. The number of para-hydroxylation sites is 1. The molecule has 1 aromatic heterocycles. The summed E-state index contributed by atoms with van der Waals surface area (Å²) in [5.74, 6) is -0.317. The van der Waals surface area contributed by atoms with Crippen LogP contribution in [0.3, 0.4) is 0 Å². The summed E-state index contributed by atoms with van der Waals surface area (Å²) in [6.45, 7) is 0.102. The van der Waals surface area contributed by atoms with Crippen LogP contribution in [0.1, 0.15) is 66.1 Å². The molecular weight excluding hydrogens is 605 g/mol. The SMILES string of the molecule is O=C(NS(=O)O)c1ccc(NC(=O)N2C3CCC2CC(OCc2c(-c4ccccc4OC(F)(F)F)noc2C2CC2)C3)cc1. The predicted octanol–water partition coefficient (Wildman–Crippen LogP) is 5.73. The number of urea groups is 1. The minimum absolute atomic E-state index is 0.0610. The first kappa shape index (κ1) is 30.1. The molecule has 2 aliphatic heterocycles. The number of benzene rings is 2. The lowest BCUT2D eigenvalue weighted by molar-refractivity contribution is -0.274. The third-order valence-electron chi connectivity index (χ3n) is 8.10. The minimum atomic E-state index is -4.86. The van der Waals surface area contributed by atoms with Crippen LogP contribution >= 0.6 is 0 Å². The Balaban J connectivity index is 1.11. The van der Waals surface area contributed by atoms with Gasteiger partial charge in [-0.05, 0) is 74.9 Å². The Morgan fingerprint density at radius 1 is 1.05 bits per heavy atom. The molecule has 3 N–H and O–H groups in total. The first-order valence-electron chi connectivity index (χ1n) is 14.1. The number of ether oxygens (including phenoxy) is 2. The van der Waals surface area contributed by atoms with Gasteiger partial charge in [0.1, 0.15) is 17.2 Å². The van der Waals surface area contributed by atoms with E-state index in [9.17, 15) is 27.0 Å². The predicted molar refractivity (Wildman–Crippen MR) is 151 cm³/mol. The van der Waals surface area contributed by atoms with Crippen molar-refractivity contribution in [2.45, 2.75) is 75.6 Å². The molecule has 6 rings (SSSR count). The minimum Gasteiger partial charge on any atom is -0.405 e. The van der Waals surface area contributed by atoms with Crippen LogP contribution in [0.5, 0.6) is 5.75 Å². The Kier molecular flexibility index (Phi) is 8.35. The van der Waals surface area contributed by atoms with Crippen LogP contribution in [-0.2, 0) is 22.6 Å². The van der Waals surface area contributed by atoms with E-state index in [-0.39, 0.29) is 59.3 Å². The van der Waals surface area contributed by atoms with E-state index in [1.165, 1.54) is 42.5 Å². The van der Waals surface area contributed by atoms with E-state index in [0.717, 1.165) is 25.7 Å². The summed E-state index contributed by atoms with van der Waals surface area (Å²) < 4.78 is 77.0. The summed E-state index contributed by atoms with van der Waals surface area (Å²) in [5, 5.41) is 6.99. The number of hydrogen-bond donors (Lipinski definition) is 3. The largest absolute Gasteiger partial charge is 0.573 e. The van der Waals surface area contributed by atoms with Crippen molar-refractivity contribution in [2.75, 3.05) is 5.32 Å². The highest BCUT2D eigenvalue weighted by molar-refractivity contribution is 7.77. The van der Waals surface area contributed by atoms with E-state index in [4.69, 9.17) is 13.8 Å². The summed E-state index contributed by atoms with van der Waals surface area (Å²) in [5.41, 5.74) is 1.68. The van der Waals surface area contributed by atoms with Crippen molar-refractivity contribution in [1.82, 2.24) is 14.8 Å². The van der Waals surface area contributed by atoms with E-state index in [1.807, 2.05) is 9.62 Å². The molecule has 11 nitrogen and oxygen atoms in total. The molecule has 3 heterocycles. The highest BCUT2D eigenvalue weighted by Crippen LogP contribution is 2.46. The number of nitrogens with one attached hydrogen (secondary N) is 2. The maximum Gasteiger partial charge on any atom is 0.573 e. The Hall–Kier alpha value is -3.95. The zero-order valence-electron chi connectivity index (χ0n) is 23.2. The number of anilines is 1. The van der Waals surface area contributed by atoms with Gasteiger partial charge >= 0.3 is 12.4 Å². The van der Waals surface area contributed by atoms with E-state index < -0.39 is 23.5 Å². The number of piperidine rings is 1. The maximum absolute atomic E-state index is 13.2. The zero-order valence-corrected chi connectivity index (χ0v) is 24.0. The molecule has 2 saturated heterocycles. The smallest absolute Gasteiger partial charge is 0.405 e. The highest BCUT2D eigenvalue weighted by Gasteiger charge is 2.44. The van der Waals surface area contributed by atoms with Gasteiger partial charge < -0.3 is 24.2 Å². The van der Waals surface area contributed by atoms with Crippen LogP contribution in [0, 0.1) is 0 Å². The number of nitrogens with zero attached hydrogens (tertiary/aromatic N) is 2. The molecule has 2 bridgehead atoms. The topological polar surface area (TPSA) is 143 Å². The summed E-state index contributed by atoms with van der Waals surface area (Å²) in [4.78, 5) is 26.9. The molecule has 0 spiro atoms. The normalized spacial score (nSPS) is 22.0.